The molecular weight excluding hydrogens is 248 g/mol. The highest BCUT2D eigenvalue weighted by Gasteiger charge is 2.19. The minimum absolute atomic E-state index is 0.0368. The summed E-state index contributed by atoms with van der Waals surface area (Å²) < 4.78 is 23.3. The van der Waals surface area contributed by atoms with Gasteiger partial charge in [0.15, 0.2) is 9.84 Å². The monoisotopic (exact) mass is 262 g/mol. The van der Waals surface area contributed by atoms with Crippen molar-refractivity contribution < 1.29 is 13.5 Å². The lowest BCUT2D eigenvalue weighted by molar-refractivity contribution is 0.295. The molecule has 0 saturated carbocycles. The van der Waals surface area contributed by atoms with Crippen LogP contribution < -0.4 is 0 Å². The predicted molar refractivity (Wildman–Crippen MR) is 65.5 cm³/mol. The molecule has 0 fully saturated rings. The largest absolute Gasteiger partial charge is 0.395 e. The molecule has 0 aromatic heterocycles. The average Bonchev–Trinajstić information content (AvgIpc) is 2.25. The van der Waals surface area contributed by atoms with E-state index in [0.717, 1.165) is 5.56 Å². The molecule has 90 valence electrons. The van der Waals surface area contributed by atoms with E-state index in [1.807, 2.05) is 6.07 Å². The molecule has 0 amide bonds. The Bertz CT molecular complexity index is 442. The Morgan fingerprint density at radius 1 is 1.44 bits per heavy atom. The Balaban J connectivity index is 2.65. The Hall–Kier alpha value is -0.580. The second-order valence-corrected chi connectivity index (χ2v) is 6.72. The number of halogens is 1. The van der Waals surface area contributed by atoms with Crippen molar-refractivity contribution in [3.05, 3.63) is 34.9 Å². The van der Waals surface area contributed by atoms with E-state index < -0.39 is 15.1 Å². The number of hydrogen-bond acceptors (Lipinski definition) is 3. The smallest absolute Gasteiger partial charge is 0.155 e. The van der Waals surface area contributed by atoms with E-state index in [9.17, 15) is 8.42 Å². The van der Waals surface area contributed by atoms with Gasteiger partial charge in [0.2, 0.25) is 0 Å². The fourth-order valence-electron chi connectivity index (χ4n) is 1.27. The molecule has 16 heavy (non-hydrogen) atoms. The summed E-state index contributed by atoms with van der Waals surface area (Å²) in [6, 6.07) is 7.13. The van der Waals surface area contributed by atoms with E-state index >= 15 is 0 Å². The zero-order valence-electron chi connectivity index (χ0n) is 9.06. The molecule has 0 radical (unpaired) electrons. The van der Waals surface area contributed by atoms with Crippen LogP contribution in [0.1, 0.15) is 12.5 Å². The third-order valence-corrected chi connectivity index (χ3v) is 4.82. The molecule has 1 atom stereocenters. The molecular formula is C11H15ClO3S. The molecule has 0 aliphatic heterocycles. The van der Waals surface area contributed by atoms with Gasteiger partial charge >= 0.3 is 0 Å². The third kappa shape index (κ3) is 3.77. The van der Waals surface area contributed by atoms with Gasteiger partial charge in [-0.3, -0.25) is 0 Å². The Labute approximate surface area is 101 Å². The van der Waals surface area contributed by atoms with Crippen LogP contribution in [0.15, 0.2) is 24.3 Å². The number of aliphatic hydroxyl groups excluding tert-OH is 1. The molecule has 0 aliphatic carbocycles. The van der Waals surface area contributed by atoms with E-state index in [4.69, 9.17) is 16.7 Å². The summed E-state index contributed by atoms with van der Waals surface area (Å²) in [4.78, 5) is 0. The molecule has 3 nitrogen and oxygen atoms in total. The zero-order chi connectivity index (χ0) is 12.2. The molecule has 0 heterocycles. The van der Waals surface area contributed by atoms with Crippen molar-refractivity contribution in [3.8, 4) is 0 Å². The summed E-state index contributed by atoms with van der Waals surface area (Å²) in [6.07, 6.45) is 0.424. The van der Waals surface area contributed by atoms with E-state index in [1.165, 1.54) is 6.92 Å². The second kappa shape index (κ2) is 5.66. The SMILES string of the molecule is CC(CO)S(=O)(=O)CCc1cccc(Cl)c1. The van der Waals surface area contributed by atoms with Crippen molar-refractivity contribution in [3.63, 3.8) is 0 Å². The van der Waals surface area contributed by atoms with E-state index in [-0.39, 0.29) is 12.4 Å². The minimum Gasteiger partial charge on any atom is -0.395 e. The fourth-order valence-corrected chi connectivity index (χ4v) is 2.63. The standard InChI is InChI=1S/C11H15ClO3S/c1-9(8-13)16(14,15)6-5-10-3-2-4-11(12)7-10/h2-4,7,9,13H,5-6,8H2,1H3. The lowest BCUT2D eigenvalue weighted by Crippen LogP contribution is -2.25. The van der Waals surface area contributed by atoms with Crippen LogP contribution in [0.2, 0.25) is 5.02 Å². The van der Waals surface area contributed by atoms with Crippen LogP contribution in [0.25, 0.3) is 0 Å². The maximum atomic E-state index is 11.6. The fraction of sp³-hybridized carbons (Fsp3) is 0.455. The highest BCUT2D eigenvalue weighted by Crippen LogP contribution is 2.12. The third-order valence-electron chi connectivity index (χ3n) is 2.43. The molecule has 5 heteroatoms. The molecule has 1 N–H and O–H groups in total. The van der Waals surface area contributed by atoms with Crippen molar-refractivity contribution in [2.75, 3.05) is 12.4 Å². The number of rotatable bonds is 5. The summed E-state index contributed by atoms with van der Waals surface area (Å²) in [5.74, 6) is 0.0368. The van der Waals surface area contributed by atoms with Crippen LogP contribution in [-0.4, -0.2) is 31.1 Å². The highest BCUT2D eigenvalue weighted by atomic mass is 35.5. The van der Waals surface area contributed by atoms with Crippen LogP contribution in [0, 0.1) is 0 Å². The van der Waals surface area contributed by atoms with Gasteiger partial charge in [-0.05, 0) is 31.0 Å². The van der Waals surface area contributed by atoms with Gasteiger partial charge in [0.25, 0.3) is 0 Å². The van der Waals surface area contributed by atoms with Crippen molar-refractivity contribution in [1.29, 1.82) is 0 Å². The maximum absolute atomic E-state index is 11.6. The first-order valence-corrected chi connectivity index (χ1v) is 7.12. The molecule has 1 aromatic rings. The van der Waals surface area contributed by atoms with Crippen molar-refractivity contribution in [1.82, 2.24) is 0 Å². The Kier molecular flexibility index (Phi) is 4.77. The molecule has 0 saturated heterocycles. The van der Waals surface area contributed by atoms with Gasteiger partial charge in [-0.15, -0.1) is 0 Å². The van der Waals surface area contributed by atoms with E-state index in [1.54, 1.807) is 18.2 Å². The van der Waals surface area contributed by atoms with Crippen molar-refractivity contribution >= 4 is 21.4 Å². The summed E-state index contributed by atoms with van der Waals surface area (Å²) in [5, 5.41) is 8.71. The lowest BCUT2D eigenvalue weighted by atomic mass is 10.2. The topological polar surface area (TPSA) is 54.4 Å². The molecule has 1 aromatic carbocycles. The highest BCUT2D eigenvalue weighted by molar-refractivity contribution is 7.92. The van der Waals surface area contributed by atoms with Gasteiger partial charge in [0.1, 0.15) is 0 Å². The van der Waals surface area contributed by atoms with Gasteiger partial charge in [0.05, 0.1) is 17.6 Å². The normalized spacial score (nSPS) is 13.7. The predicted octanol–water partition coefficient (Wildman–Crippen LogP) is 1.68. The van der Waals surface area contributed by atoms with Gasteiger partial charge < -0.3 is 5.11 Å². The van der Waals surface area contributed by atoms with E-state index in [0.29, 0.717) is 11.4 Å². The summed E-state index contributed by atoms with van der Waals surface area (Å²) in [5.41, 5.74) is 0.890. The van der Waals surface area contributed by atoms with Gasteiger partial charge in [-0.25, -0.2) is 8.42 Å². The lowest BCUT2D eigenvalue weighted by Gasteiger charge is -2.09. The quantitative estimate of drug-likeness (QED) is 0.878. The van der Waals surface area contributed by atoms with Crippen LogP contribution in [0.4, 0.5) is 0 Å². The molecule has 0 aliphatic rings. The number of aryl methyl sites for hydroxylation is 1. The van der Waals surface area contributed by atoms with Crippen LogP contribution >= 0.6 is 11.6 Å². The first-order chi connectivity index (χ1) is 7.45. The number of benzene rings is 1. The molecule has 1 rings (SSSR count). The van der Waals surface area contributed by atoms with Gasteiger partial charge in [-0.2, -0.15) is 0 Å². The molecule has 0 bridgehead atoms. The Morgan fingerprint density at radius 3 is 2.69 bits per heavy atom. The maximum Gasteiger partial charge on any atom is 0.155 e. The van der Waals surface area contributed by atoms with Crippen LogP contribution in [0.3, 0.4) is 0 Å². The second-order valence-electron chi connectivity index (χ2n) is 3.74. The molecule has 0 spiro atoms. The number of hydrogen-bond donors (Lipinski definition) is 1. The number of sulfone groups is 1. The van der Waals surface area contributed by atoms with Crippen LogP contribution in [-0.2, 0) is 16.3 Å². The van der Waals surface area contributed by atoms with Crippen molar-refractivity contribution in [2.45, 2.75) is 18.6 Å². The summed E-state index contributed by atoms with van der Waals surface area (Å²) >= 11 is 5.80. The van der Waals surface area contributed by atoms with E-state index in [2.05, 4.69) is 0 Å². The van der Waals surface area contributed by atoms with Gasteiger partial charge in [0, 0.05) is 5.02 Å². The van der Waals surface area contributed by atoms with Crippen LogP contribution in [0.5, 0.6) is 0 Å². The first-order valence-electron chi connectivity index (χ1n) is 5.02. The zero-order valence-corrected chi connectivity index (χ0v) is 10.6. The first kappa shape index (κ1) is 13.5. The summed E-state index contributed by atoms with van der Waals surface area (Å²) in [6.45, 7) is 1.17. The van der Waals surface area contributed by atoms with Crippen molar-refractivity contribution in [2.24, 2.45) is 0 Å². The summed E-state index contributed by atoms with van der Waals surface area (Å²) in [7, 11) is -3.21. The minimum atomic E-state index is -3.21. The molecule has 1 unspecified atom stereocenters. The average molecular weight is 263 g/mol. The van der Waals surface area contributed by atoms with Gasteiger partial charge in [-0.1, -0.05) is 23.7 Å². The number of aliphatic hydroxyl groups is 1. The Morgan fingerprint density at radius 2 is 2.12 bits per heavy atom.